The summed E-state index contributed by atoms with van der Waals surface area (Å²) in [7, 11) is 0. The van der Waals surface area contributed by atoms with Crippen molar-refractivity contribution in [2.45, 2.75) is 38.6 Å². The van der Waals surface area contributed by atoms with E-state index in [4.69, 9.17) is 4.74 Å². The van der Waals surface area contributed by atoms with Crippen LogP contribution < -0.4 is 10.6 Å². The molecule has 0 spiro atoms. The number of thiophene rings is 1. The molecule has 8 heteroatoms. The molecule has 1 fully saturated rings. The summed E-state index contributed by atoms with van der Waals surface area (Å²) in [5, 5.41) is 5.29. The molecule has 0 aliphatic heterocycles. The fraction of sp³-hybridized carbons (Fsp3) is 0.421. The highest BCUT2D eigenvalue weighted by molar-refractivity contribution is 7.20. The molecule has 3 amide bonds. The van der Waals surface area contributed by atoms with Crippen LogP contribution >= 0.6 is 11.3 Å². The third-order valence-electron chi connectivity index (χ3n) is 4.72. The number of amides is 3. The summed E-state index contributed by atoms with van der Waals surface area (Å²) in [6, 6.07) is 5.42. The molecule has 6 nitrogen and oxygen atoms in total. The number of hydrogen-bond donors (Lipinski definition) is 2. The molecule has 144 valence electrons. The maximum atomic E-state index is 13.7. The number of hydrogen-bond acceptors (Lipinski definition) is 5. The molecule has 0 saturated heterocycles. The lowest BCUT2D eigenvalue weighted by Gasteiger charge is -2.29. The Balaban J connectivity index is 1.48. The predicted octanol–water partition coefficient (Wildman–Crippen LogP) is 3.60. The first-order valence-corrected chi connectivity index (χ1v) is 9.71. The van der Waals surface area contributed by atoms with E-state index in [9.17, 15) is 18.8 Å². The van der Waals surface area contributed by atoms with Crippen molar-refractivity contribution in [1.82, 2.24) is 10.6 Å². The summed E-state index contributed by atoms with van der Waals surface area (Å²) in [4.78, 5) is 36.0. The standard InChI is InChI=1S/C19H21FN2O4S/c1-11-5-2-3-7-14(11)21-19(25)22-17(23)10-26-18(24)16-9-12-13(20)6-4-8-15(12)27-16/h4,6,8-9,11,14H,2-3,5,7,10H2,1H3,(H2,21,22,23,25)/t11-,14+/m1/s1. The molecule has 0 unspecified atom stereocenters. The maximum absolute atomic E-state index is 13.7. The number of benzene rings is 1. The molecule has 0 radical (unpaired) electrons. The number of urea groups is 1. The largest absolute Gasteiger partial charge is 0.451 e. The number of esters is 1. The van der Waals surface area contributed by atoms with Gasteiger partial charge in [-0.2, -0.15) is 0 Å². The van der Waals surface area contributed by atoms with Crippen molar-refractivity contribution >= 4 is 39.3 Å². The number of imide groups is 1. The second-order valence-corrected chi connectivity index (χ2v) is 7.81. The monoisotopic (exact) mass is 392 g/mol. The lowest BCUT2D eigenvalue weighted by atomic mass is 9.86. The van der Waals surface area contributed by atoms with Gasteiger partial charge in [0, 0.05) is 16.1 Å². The third kappa shape index (κ3) is 4.82. The van der Waals surface area contributed by atoms with Crippen LogP contribution in [0.2, 0.25) is 0 Å². The SMILES string of the molecule is C[C@@H]1CCCC[C@@H]1NC(=O)NC(=O)COC(=O)c1cc2c(F)cccc2s1. The zero-order valence-corrected chi connectivity index (χ0v) is 15.7. The van der Waals surface area contributed by atoms with Crippen LogP contribution in [0.4, 0.5) is 9.18 Å². The first kappa shape index (κ1) is 19.3. The Morgan fingerprint density at radius 2 is 2.04 bits per heavy atom. The summed E-state index contributed by atoms with van der Waals surface area (Å²) in [6.45, 7) is 1.49. The topological polar surface area (TPSA) is 84.5 Å². The number of fused-ring (bicyclic) bond motifs is 1. The smallest absolute Gasteiger partial charge is 0.348 e. The molecule has 1 aromatic carbocycles. The number of rotatable bonds is 4. The van der Waals surface area contributed by atoms with Crippen LogP contribution in [0.1, 0.15) is 42.3 Å². The van der Waals surface area contributed by atoms with Gasteiger partial charge in [0.1, 0.15) is 10.7 Å². The first-order chi connectivity index (χ1) is 12.9. The lowest BCUT2D eigenvalue weighted by Crippen LogP contribution is -2.48. The van der Waals surface area contributed by atoms with Gasteiger partial charge in [-0.3, -0.25) is 10.1 Å². The van der Waals surface area contributed by atoms with Crippen molar-refractivity contribution < 1.29 is 23.5 Å². The summed E-state index contributed by atoms with van der Waals surface area (Å²) >= 11 is 1.08. The van der Waals surface area contributed by atoms with E-state index in [1.807, 2.05) is 0 Å². The minimum atomic E-state index is -0.730. The molecule has 1 aliphatic carbocycles. The summed E-state index contributed by atoms with van der Waals surface area (Å²) in [5.74, 6) is -1.50. The maximum Gasteiger partial charge on any atom is 0.348 e. The number of ether oxygens (including phenoxy) is 1. The third-order valence-corrected chi connectivity index (χ3v) is 5.81. The van der Waals surface area contributed by atoms with Crippen LogP contribution in [0.25, 0.3) is 10.1 Å². The number of carbonyl (C=O) groups is 3. The molecule has 0 bridgehead atoms. The van der Waals surface area contributed by atoms with E-state index in [1.165, 1.54) is 12.1 Å². The van der Waals surface area contributed by atoms with Gasteiger partial charge in [0.2, 0.25) is 0 Å². The van der Waals surface area contributed by atoms with Gasteiger partial charge in [0.25, 0.3) is 5.91 Å². The Hall–Kier alpha value is -2.48. The van der Waals surface area contributed by atoms with Gasteiger partial charge in [-0.1, -0.05) is 25.8 Å². The van der Waals surface area contributed by atoms with Gasteiger partial charge < -0.3 is 10.1 Å². The molecule has 1 heterocycles. The molecule has 1 aromatic heterocycles. The van der Waals surface area contributed by atoms with E-state index in [-0.39, 0.29) is 10.9 Å². The Kier molecular flexibility index (Phi) is 6.05. The van der Waals surface area contributed by atoms with Crippen LogP contribution in [0.15, 0.2) is 24.3 Å². The Morgan fingerprint density at radius 1 is 1.26 bits per heavy atom. The zero-order valence-electron chi connectivity index (χ0n) is 14.9. The molecular formula is C19H21FN2O4S. The number of carbonyl (C=O) groups excluding carboxylic acids is 3. The lowest BCUT2D eigenvalue weighted by molar-refractivity contribution is -0.123. The predicted molar refractivity (Wildman–Crippen MR) is 100 cm³/mol. The van der Waals surface area contributed by atoms with E-state index in [0.717, 1.165) is 37.0 Å². The van der Waals surface area contributed by atoms with Crippen LogP contribution in [0.3, 0.4) is 0 Å². The average molecular weight is 392 g/mol. The van der Waals surface area contributed by atoms with E-state index in [1.54, 1.807) is 12.1 Å². The van der Waals surface area contributed by atoms with Crippen LogP contribution in [0, 0.1) is 11.7 Å². The fourth-order valence-corrected chi connectivity index (χ4v) is 4.19. The van der Waals surface area contributed by atoms with Crippen molar-refractivity contribution in [2.24, 2.45) is 5.92 Å². The van der Waals surface area contributed by atoms with Crippen LogP contribution in [-0.4, -0.2) is 30.6 Å². The molecule has 2 atom stereocenters. The highest BCUT2D eigenvalue weighted by Crippen LogP contribution is 2.28. The molecule has 27 heavy (non-hydrogen) atoms. The van der Waals surface area contributed by atoms with Gasteiger partial charge in [-0.15, -0.1) is 11.3 Å². The normalized spacial score (nSPS) is 19.5. The molecule has 1 saturated carbocycles. The second-order valence-electron chi connectivity index (χ2n) is 6.73. The van der Waals surface area contributed by atoms with Gasteiger partial charge >= 0.3 is 12.0 Å². The van der Waals surface area contributed by atoms with E-state index >= 15 is 0 Å². The molecule has 2 N–H and O–H groups in total. The van der Waals surface area contributed by atoms with E-state index < -0.39 is 30.3 Å². The number of halogens is 1. The number of nitrogens with one attached hydrogen (secondary N) is 2. The molecular weight excluding hydrogens is 371 g/mol. The minimum Gasteiger partial charge on any atom is -0.451 e. The van der Waals surface area contributed by atoms with Crippen molar-refractivity contribution in [1.29, 1.82) is 0 Å². The van der Waals surface area contributed by atoms with Crippen molar-refractivity contribution in [3.63, 3.8) is 0 Å². The van der Waals surface area contributed by atoms with Gasteiger partial charge in [-0.05, 0) is 37.0 Å². The van der Waals surface area contributed by atoms with Gasteiger partial charge in [-0.25, -0.2) is 14.0 Å². The van der Waals surface area contributed by atoms with Gasteiger partial charge in [0.05, 0.1) is 0 Å². The summed E-state index contributed by atoms with van der Waals surface area (Å²) in [5.41, 5.74) is 0. The fourth-order valence-electron chi connectivity index (χ4n) is 3.23. The zero-order chi connectivity index (χ0) is 19.4. The quantitative estimate of drug-likeness (QED) is 0.779. The second kappa shape index (κ2) is 8.47. The highest BCUT2D eigenvalue weighted by atomic mass is 32.1. The Morgan fingerprint density at radius 3 is 2.78 bits per heavy atom. The van der Waals surface area contributed by atoms with Crippen LogP contribution in [-0.2, 0) is 9.53 Å². The highest BCUT2D eigenvalue weighted by Gasteiger charge is 2.23. The Bertz CT molecular complexity index is 867. The molecule has 1 aliphatic rings. The van der Waals surface area contributed by atoms with E-state index in [2.05, 4.69) is 17.6 Å². The van der Waals surface area contributed by atoms with Crippen molar-refractivity contribution in [2.75, 3.05) is 6.61 Å². The van der Waals surface area contributed by atoms with Crippen LogP contribution in [0.5, 0.6) is 0 Å². The van der Waals surface area contributed by atoms with Crippen molar-refractivity contribution in [3.05, 3.63) is 35.0 Å². The average Bonchev–Trinajstić information content (AvgIpc) is 3.07. The van der Waals surface area contributed by atoms with Crippen molar-refractivity contribution in [3.8, 4) is 0 Å². The summed E-state index contributed by atoms with van der Waals surface area (Å²) in [6.07, 6.45) is 4.14. The summed E-state index contributed by atoms with van der Waals surface area (Å²) < 4.78 is 19.2. The van der Waals surface area contributed by atoms with Gasteiger partial charge in [0.15, 0.2) is 6.61 Å². The first-order valence-electron chi connectivity index (χ1n) is 8.89. The molecule has 2 aromatic rings. The Labute approximate surface area is 160 Å². The minimum absolute atomic E-state index is 0.0440. The molecule has 3 rings (SSSR count). The van der Waals surface area contributed by atoms with E-state index in [0.29, 0.717) is 16.0 Å².